The summed E-state index contributed by atoms with van der Waals surface area (Å²) in [7, 11) is 2.02. The van der Waals surface area contributed by atoms with E-state index in [0.29, 0.717) is 6.04 Å². The van der Waals surface area contributed by atoms with Gasteiger partial charge >= 0.3 is 9.28 Å². The fourth-order valence-corrected chi connectivity index (χ4v) is 1.33. The van der Waals surface area contributed by atoms with E-state index in [9.17, 15) is 0 Å². The number of rotatable bonds is 4. The molecule has 0 aliphatic heterocycles. The Morgan fingerprint density at radius 2 is 1.78 bits per heavy atom. The van der Waals surface area contributed by atoms with Crippen molar-refractivity contribution in [2.75, 3.05) is 14.2 Å². The van der Waals surface area contributed by atoms with E-state index in [1.165, 1.54) is 0 Å². The van der Waals surface area contributed by atoms with Gasteiger partial charge in [-0.3, -0.25) is 0 Å². The molecule has 0 atom stereocenters. The van der Waals surface area contributed by atoms with Crippen molar-refractivity contribution in [1.29, 1.82) is 0 Å². The zero-order valence-electron chi connectivity index (χ0n) is 5.76. The van der Waals surface area contributed by atoms with Crippen molar-refractivity contribution < 1.29 is 8.85 Å². The van der Waals surface area contributed by atoms with Crippen LogP contribution >= 0.6 is 0 Å². The average Bonchev–Trinajstić information content (AvgIpc) is 1.82. The van der Waals surface area contributed by atoms with Gasteiger partial charge in [0, 0.05) is 20.3 Å². The second-order valence-corrected chi connectivity index (χ2v) is 3.62. The van der Waals surface area contributed by atoms with Crippen molar-refractivity contribution in [3.05, 3.63) is 0 Å². The fraction of sp³-hybridized carbons (Fsp3) is 1.00. The van der Waals surface area contributed by atoms with E-state index >= 15 is 0 Å². The van der Waals surface area contributed by atoms with Gasteiger partial charge in [-0.05, 0) is 0 Å². The molecule has 0 bridgehead atoms. The maximum absolute atomic E-state index is 5.29. The normalized spacial score (nSPS) is 11.3. The lowest BCUT2D eigenvalue weighted by Gasteiger charge is -2.10. The first-order valence-corrected chi connectivity index (χ1v) is 4.18. The molecule has 0 aromatic heterocycles. The summed E-state index contributed by atoms with van der Waals surface area (Å²) in [6, 6.07) is 0.623. The summed E-state index contributed by atoms with van der Waals surface area (Å²) in [5, 5.41) is 0. The van der Waals surface area contributed by atoms with Gasteiger partial charge in [0.15, 0.2) is 0 Å². The Kier molecular flexibility index (Phi) is 4.92. The monoisotopic (exact) mass is 149 g/mol. The molecule has 55 valence electrons. The fourth-order valence-electron chi connectivity index (χ4n) is 0.442. The Balaban J connectivity index is 3.31. The molecule has 4 N–H and O–H groups in total. The lowest BCUT2D eigenvalue weighted by Crippen LogP contribution is -2.37. The molecule has 1 radical (unpaired) electrons. The summed E-state index contributed by atoms with van der Waals surface area (Å²) in [4.78, 5) is 0. The molecule has 0 spiro atoms. The highest BCUT2D eigenvalue weighted by Crippen LogP contribution is 1.93. The van der Waals surface area contributed by atoms with E-state index in [0.717, 1.165) is 0 Å². The molecule has 0 aromatic rings. The van der Waals surface area contributed by atoms with Gasteiger partial charge in [-0.25, -0.2) is 0 Å². The van der Waals surface area contributed by atoms with E-state index in [1.54, 1.807) is 14.2 Å². The molecule has 0 amide bonds. The molecule has 0 saturated heterocycles. The minimum absolute atomic E-state index is 0.321. The number of nitrogens with two attached hydrogens (primary N) is 2. The zero-order chi connectivity index (χ0) is 7.28. The summed E-state index contributed by atoms with van der Waals surface area (Å²) < 4.78 is 9.86. The van der Waals surface area contributed by atoms with Crippen LogP contribution in [0.1, 0.15) is 0 Å². The Labute approximate surface area is 57.0 Å². The van der Waals surface area contributed by atoms with Gasteiger partial charge in [0.25, 0.3) is 0 Å². The molecule has 0 heterocycles. The molecule has 0 aliphatic rings. The van der Waals surface area contributed by atoms with E-state index in [-0.39, 0.29) is 6.17 Å². The Bertz CT molecular complexity index is 67.6. The van der Waals surface area contributed by atoms with Crippen molar-refractivity contribution >= 4 is 9.28 Å². The highest BCUT2D eigenvalue weighted by atomic mass is 28.3. The van der Waals surface area contributed by atoms with Crippen LogP contribution < -0.4 is 11.5 Å². The third kappa shape index (κ3) is 4.55. The van der Waals surface area contributed by atoms with Crippen LogP contribution in [0.2, 0.25) is 6.04 Å². The lowest BCUT2D eigenvalue weighted by molar-refractivity contribution is 0.274. The predicted octanol–water partition coefficient (Wildman–Crippen LogP) is -0.989. The average molecular weight is 149 g/mol. The van der Waals surface area contributed by atoms with E-state index < -0.39 is 9.28 Å². The van der Waals surface area contributed by atoms with Crippen molar-refractivity contribution in [1.82, 2.24) is 0 Å². The second-order valence-electron chi connectivity index (χ2n) is 1.65. The first-order valence-electron chi connectivity index (χ1n) is 2.65. The zero-order valence-corrected chi connectivity index (χ0v) is 6.76. The summed E-state index contributed by atoms with van der Waals surface area (Å²) >= 11 is 0. The molecule has 4 nitrogen and oxygen atoms in total. The molecule has 0 fully saturated rings. The van der Waals surface area contributed by atoms with E-state index in [4.69, 9.17) is 20.3 Å². The van der Waals surface area contributed by atoms with Gasteiger partial charge in [-0.2, -0.15) is 0 Å². The van der Waals surface area contributed by atoms with Crippen molar-refractivity contribution in [3.8, 4) is 0 Å². The van der Waals surface area contributed by atoms with Gasteiger partial charge in [0.1, 0.15) is 0 Å². The highest BCUT2D eigenvalue weighted by molar-refractivity contribution is 6.44. The number of hydrogen-bond donors (Lipinski definition) is 2. The predicted molar refractivity (Wildman–Crippen MR) is 36.7 cm³/mol. The maximum atomic E-state index is 5.29. The van der Waals surface area contributed by atoms with Crippen molar-refractivity contribution in [2.24, 2.45) is 11.5 Å². The Hall–Kier alpha value is 0.0569. The van der Waals surface area contributed by atoms with Crippen molar-refractivity contribution in [2.45, 2.75) is 12.2 Å². The molecule has 0 aromatic carbocycles. The topological polar surface area (TPSA) is 70.5 Å². The largest absolute Gasteiger partial charge is 0.397 e. The number of hydrogen-bond acceptors (Lipinski definition) is 4. The molecule has 5 heteroatoms. The van der Waals surface area contributed by atoms with Crippen LogP contribution in [0.25, 0.3) is 0 Å². The first-order chi connectivity index (χ1) is 4.20. The molecule has 0 aliphatic carbocycles. The standard InChI is InChI=1S/C4H13N2O2Si/c1-7-9(8-2)3-4(5)6/h4H,3,5-6H2,1-2H3. The van der Waals surface area contributed by atoms with Gasteiger partial charge in [0.05, 0.1) is 6.17 Å². The van der Waals surface area contributed by atoms with Gasteiger partial charge < -0.3 is 20.3 Å². The molecule has 0 saturated carbocycles. The van der Waals surface area contributed by atoms with Crippen molar-refractivity contribution in [3.63, 3.8) is 0 Å². The maximum Gasteiger partial charge on any atom is 0.387 e. The van der Waals surface area contributed by atoms with Crippen LogP contribution in [0, 0.1) is 0 Å². The molecule has 0 unspecified atom stereocenters. The Morgan fingerprint density at radius 3 is 1.89 bits per heavy atom. The van der Waals surface area contributed by atoms with E-state index in [1.807, 2.05) is 0 Å². The second kappa shape index (κ2) is 4.89. The SMILES string of the molecule is CO[Si](CC(N)N)OC. The quantitative estimate of drug-likeness (QED) is 0.398. The smallest absolute Gasteiger partial charge is 0.387 e. The van der Waals surface area contributed by atoms with E-state index in [2.05, 4.69) is 0 Å². The summed E-state index contributed by atoms with van der Waals surface area (Å²) in [6.45, 7) is 0. The minimum Gasteiger partial charge on any atom is -0.397 e. The van der Waals surface area contributed by atoms with Crippen LogP contribution in [0.3, 0.4) is 0 Å². The Morgan fingerprint density at radius 1 is 1.33 bits per heavy atom. The third-order valence-corrected chi connectivity index (χ3v) is 2.57. The first kappa shape index (κ1) is 9.06. The van der Waals surface area contributed by atoms with Crippen LogP contribution in [-0.2, 0) is 8.85 Å². The van der Waals surface area contributed by atoms with Gasteiger partial charge in [-0.15, -0.1) is 0 Å². The highest BCUT2D eigenvalue weighted by Gasteiger charge is 2.13. The third-order valence-electron chi connectivity index (χ3n) is 0.858. The summed E-state index contributed by atoms with van der Waals surface area (Å²) in [6.07, 6.45) is -0.321. The molecule has 0 rings (SSSR count). The lowest BCUT2D eigenvalue weighted by atomic mass is 10.6. The van der Waals surface area contributed by atoms with Crippen LogP contribution in [0.15, 0.2) is 0 Å². The van der Waals surface area contributed by atoms with Crippen LogP contribution in [0.5, 0.6) is 0 Å². The summed E-state index contributed by atoms with van der Waals surface area (Å²) in [5.41, 5.74) is 10.6. The molecule has 9 heavy (non-hydrogen) atoms. The summed E-state index contributed by atoms with van der Waals surface area (Å²) in [5.74, 6) is 0. The molecular formula is C4H13N2O2Si. The van der Waals surface area contributed by atoms with Gasteiger partial charge in [0.2, 0.25) is 0 Å². The van der Waals surface area contributed by atoms with Crippen LogP contribution in [0.4, 0.5) is 0 Å². The minimum atomic E-state index is -1.17. The molecular weight excluding hydrogens is 136 g/mol. The van der Waals surface area contributed by atoms with Crippen LogP contribution in [-0.4, -0.2) is 29.7 Å². The van der Waals surface area contributed by atoms with Gasteiger partial charge in [-0.1, -0.05) is 0 Å².